The summed E-state index contributed by atoms with van der Waals surface area (Å²) < 4.78 is 85.1. The largest absolute Gasteiger partial charge is 0.490 e. The molecule has 1 unspecified atom stereocenters. The Balaban J connectivity index is 0.000000516. The van der Waals surface area contributed by atoms with Crippen LogP contribution in [0.2, 0.25) is 0 Å². The SMILES string of the molecule is CC(C)(O)C(NC(=O)c1ncc2c(F)cccn12)C(F)(F)F.O=C(O)C(F)(F)F. The third-order valence-corrected chi connectivity index (χ3v) is 3.27. The number of aromatic nitrogens is 2. The molecule has 0 saturated heterocycles. The van der Waals surface area contributed by atoms with Crippen molar-refractivity contribution >= 4 is 17.4 Å². The summed E-state index contributed by atoms with van der Waals surface area (Å²) in [6.45, 7) is 1.85. The molecule has 0 spiro atoms. The van der Waals surface area contributed by atoms with Crippen molar-refractivity contribution in [2.45, 2.75) is 37.8 Å². The Morgan fingerprint density at radius 3 is 2.10 bits per heavy atom. The lowest BCUT2D eigenvalue weighted by atomic mass is 9.98. The van der Waals surface area contributed by atoms with Crippen LogP contribution in [0.4, 0.5) is 30.7 Å². The number of carbonyl (C=O) groups excluding carboxylic acids is 1. The number of carboxylic acids is 1. The number of fused-ring (bicyclic) bond motifs is 1. The Labute approximate surface area is 157 Å². The van der Waals surface area contributed by atoms with Gasteiger partial charge in [0.1, 0.15) is 11.3 Å². The standard InChI is InChI=1S/C13H13F4N3O2.C2HF3O2/c1-12(2,22)11(13(15,16)17)19-10(21)9-18-6-8-7(14)4-3-5-20(8)9;3-2(4,5)1(6)7/h3-6,11,22H,1-2H3,(H,19,21);(H,6,7). The van der Waals surface area contributed by atoms with Crippen LogP contribution in [-0.2, 0) is 4.79 Å². The minimum atomic E-state index is -5.08. The fourth-order valence-electron chi connectivity index (χ4n) is 2.01. The first kappa shape index (κ1) is 24.1. The zero-order valence-electron chi connectivity index (χ0n) is 14.6. The highest BCUT2D eigenvalue weighted by molar-refractivity contribution is 5.92. The van der Waals surface area contributed by atoms with E-state index in [9.17, 15) is 40.6 Å². The van der Waals surface area contributed by atoms with Crippen molar-refractivity contribution < 1.29 is 50.5 Å². The summed E-state index contributed by atoms with van der Waals surface area (Å²) in [5, 5.41) is 18.4. The summed E-state index contributed by atoms with van der Waals surface area (Å²) in [5.74, 6) is -5.00. The second-order valence-corrected chi connectivity index (χ2v) is 6.10. The molecule has 2 heterocycles. The molecule has 0 fully saturated rings. The second-order valence-electron chi connectivity index (χ2n) is 6.10. The van der Waals surface area contributed by atoms with Gasteiger partial charge in [0.2, 0.25) is 5.82 Å². The predicted octanol–water partition coefficient (Wildman–Crippen LogP) is 2.54. The monoisotopic (exact) mass is 433 g/mol. The summed E-state index contributed by atoms with van der Waals surface area (Å²) >= 11 is 0. The maximum Gasteiger partial charge on any atom is 0.490 e. The first-order chi connectivity index (χ1) is 13.0. The van der Waals surface area contributed by atoms with Crippen LogP contribution < -0.4 is 5.32 Å². The van der Waals surface area contributed by atoms with E-state index in [2.05, 4.69) is 4.98 Å². The highest BCUT2D eigenvalue weighted by Gasteiger charge is 2.49. The number of imidazole rings is 1. The highest BCUT2D eigenvalue weighted by atomic mass is 19.4. The van der Waals surface area contributed by atoms with Gasteiger partial charge in [0.15, 0.2) is 6.04 Å². The van der Waals surface area contributed by atoms with Crippen LogP contribution in [0.25, 0.3) is 5.52 Å². The van der Waals surface area contributed by atoms with Crippen molar-refractivity contribution in [3.8, 4) is 0 Å². The van der Waals surface area contributed by atoms with E-state index in [0.717, 1.165) is 30.5 Å². The molecule has 29 heavy (non-hydrogen) atoms. The smallest absolute Gasteiger partial charge is 0.475 e. The summed E-state index contributed by atoms with van der Waals surface area (Å²) in [6, 6.07) is -0.0695. The van der Waals surface area contributed by atoms with Crippen LogP contribution in [0.1, 0.15) is 24.5 Å². The number of aliphatic hydroxyl groups is 1. The molecule has 0 radical (unpaired) electrons. The van der Waals surface area contributed by atoms with Crippen molar-refractivity contribution in [3.63, 3.8) is 0 Å². The van der Waals surface area contributed by atoms with Gasteiger partial charge in [-0.05, 0) is 26.0 Å². The number of nitrogens with one attached hydrogen (secondary N) is 1. The van der Waals surface area contributed by atoms with Gasteiger partial charge in [-0.15, -0.1) is 0 Å². The molecule has 0 saturated carbocycles. The number of halogens is 7. The van der Waals surface area contributed by atoms with Gasteiger partial charge in [0, 0.05) is 6.20 Å². The van der Waals surface area contributed by atoms with Crippen molar-refractivity contribution in [1.29, 1.82) is 0 Å². The Hall–Kier alpha value is -2.90. The van der Waals surface area contributed by atoms with E-state index in [1.165, 1.54) is 12.3 Å². The number of hydrogen-bond acceptors (Lipinski definition) is 4. The summed E-state index contributed by atoms with van der Waals surface area (Å²) in [6.07, 6.45) is -7.60. The van der Waals surface area contributed by atoms with Crippen LogP contribution in [0, 0.1) is 5.82 Å². The van der Waals surface area contributed by atoms with Crippen LogP contribution in [-0.4, -0.2) is 55.5 Å². The fourth-order valence-corrected chi connectivity index (χ4v) is 2.01. The predicted molar refractivity (Wildman–Crippen MR) is 82.4 cm³/mol. The average Bonchev–Trinajstić information content (AvgIpc) is 2.95. The third kappa shape index (κ3) is 6.30. The minimum Gasteiger partial charge on any atom is -0.475 e. The highest BCUT2D eigenvalue weighted by Crippen LogP contribution is 2.28. The summed E-state index contributed by atoms with van der Waals surface area (Å²) in [4.78, 5) is 24.5. The molecule has 0 aliphatic heterocycles. The first-order valence-corrected chi connectivity index (χ1v) is 7.48. The van der Waals surface area contributed by atoms with E-state index in [-0.39, 0.29) is 5.52 Å². The van der Waals surface area contributed by atoms with Gasteiger partial charge in [-0.1, -0.05) is 0 Å². The molecule has 1 amide bonds. The maximum absolute atomic E-state index is 13.5. The van der Waals surface area contributed by atoms with E-state index in [1.54, 1.807) is 5.32 Å². The van der Waals surface area contributed by atoms with Crippen molar-refractivity contribution in [2.24, 2.45) is 0 Å². The molecule has 162 valence electrons. The van der Waals surface area contributed by atoms with E-state index in [4.69, 9.17) is 9.90 Å². The normalized spacial score (nSPS) is 13.4. The van der Waals surface area contributed by atoms with Gasteiger partial charge >= 0.3 is 18.3 Å². The second kappa shape index (κ2) is 8.23. The molecule has 1 atom stereocenters. The number of carboxylic acid groups (broad SMARTS) is 1. The van der Waals surface area contributed by atoms with Crippen LogP contribution in [0.15, 0.2) is 24.5 Å². The molecule has 0 aliphatic rings. The zero-order chi connectivity index (χ0) is 22.8. The zero-order valence-corrected chi connectivity index (χ0v) is 14.6. The molecule has 0 aromatic carbocycles. The quantitative estimate of drug-likeness (QED) is 0.646. The first-order valence-electron chi connectivity index (χ1n) is 7.48. The Bertz CT molecular complexity index is 871. The maximum atomic E-state index is 13.5. The van der Waals surface area contributed by atoms with Gasteiger partial charge in [-0.3, -0.25) is 9.20 Å². The number of amides is 1. The van der Waals surface area contributed by atoms with Crippen molar-refractivity contribution in [2.75, 3.05) is 0 Å². The Morgan fingerprint density at radius 2 is 1.69 bits per heavy atom. The van der Waals surface area contributed by atoms with Gasteiger partial charge in [0.05, 0.1) is 11.8 Å². The average molecular weight is 433 g/mol. The number of carbonyl (C=O) groups is 2. The molecule has 0 bridgehead atoms. The van der Waals surface area contributed by atoms with Gasteiger partial charge in [-0.25, -0.2) is 14.2 Å². The van der Waals surface area contributed by atoms with E-state index < -0.39 is 47.5 Å². The molecule has 2 rings (SSSR count). The third-order valence-electron chi connectivity index (χ3n) is 3.27. The topological polar surface area (TPSA) is 104 Å². The lowest BCUT2D eigenvalue weighted by molar-refractivity contribution is -0.193. The Kier molecular flexibility index (Phi) is 6.85. The molecular weight excluding hydrogens is 419 g/mol. The number of pyridine rings is 1. The van der Waals surface area contributed by atoms with Gasteiger partial charge in [-0.2, -0.15) is 26.3 Å². The van der Waals surface area contributed by atoms with Crippen molar-refractivity contribution in [1.82, 2.24) is 14.7 Å². The fraction of sp³-hybridized carbons (Fsp3) is 0.400. The molecule has 2 aromatic heterocycles. The minimum absolute atomic E-state index is 0.0422. The number of aliphatic carboxylic acids is 1. The van der Waals surface area contributed by atoms with Crippen LogP contribution >= 0.6 is 0 Å². The summed E-state index contributed by atoms with van der Waals surface area (Å²) in [5.41, 5.74) is -2.27. The van der Waals surface area contributed by atoms with Crippen LogP contribution in [0.5, 0.6) is 0 Å². The number of alkyl halides is 6. The van der Waals surface area contributed by atoms with Gasteiger partial charge < -0.3 is 15.5 Å². The lowest BCUT2D eigenvalue weighted by Crippen LogP contribution is -2.57. The van der Waals surface area contributed by atoms with E-state index in [0.29, 0.717) is 0 Å². The Morgan fingerprint density at radius 1 is 1.17 bits per heavy atom. The molecular formula is C15H14F7N3O4. The molecule has 7 nitrogen and oxygen atoms in total. The van der Waals surface area contributed by atoms with Crippen molar-refractivity contribution in [3.05, 3.63) is 36.2 Å². The van der Waals surface area contributed by atoms with E-state index in [1.807, 2.05) is 0 Å². The summed E-state index contributed by atoms with van der Waals surface area (Å²) in [7, 11) is 0. The van der Waals surface area contributed by atoms with Crippen LogP contribution in [0.3, 0.4) is 0 Å². The lowest BCUT2D eigenvalue weighted by Gasteiger charge is -2.31. The number of nitrogens with zero attached hydrogens (tertiary/aromatic N) is 2. The number of rotatable bonds is 3. The van der Waals surface area contributed by atoms with Gasteiger partial charge in [0.25, 0.3) is 5.91 Å². The molecule has 0 aliphatic carbocycles. The number of hydrogen-bond donors (Lipinski definition) is 3. The molecule has 3 N–H and O–H groups in total. The molecule has 2 aromatic rings. The van der Waals surface area contributed by atoms with E-state index >= 15 is 0 Å². The molecule has 14 heteroatoms.